The zero-order valence-electron chi connectivity index (χ0n) is 10.9. The molecule has 0 aliphatic carbocycles. The van der Waals surface area contributed by atoms with E-state index in [-0.39, 0.29) is 5.84 Å². The van der Waals surface area contributed by atoms with Crippen molar-refractivity contribution >= 4 is 5.84 Å². The van der Waals surface area contributed by atoms with Crippen LogP contribution in [0.25, 0.3) is 0 Å². The van der Waals surface area contributed by atoms with E-state index < -0.39 is 0 Å². The minimum atomic E-state index is 0.0394. The van der Waals surface area contributed by atoms with Crippen molar-refractivity contribution in [3.63, 3.8) is 0 Å². The highest BCUT2D eigenvalue weighted by Crippen LogP contribution is 2.10. The van der Waals surface area contributed by atoms with Crippen molar-refractivity contribution in [3.05, 3.63) is 29.6 Å². The Hall–Kier alpha value is -1.42. The van der Waals surface area contributed by atoms with E-state index in [0.717, 1.165) is 18.7 Å². The quantitative estimate of drug-likeness (QED) is 0.583. The van der Waals surface area contributed by atoms with Gasteiger partial charge in [0, 0.05) is 19.3 Å². The van der Waals surface area contributed by atoms with Crippen molar-refractivity contribution in [1.29, 1.82) is 5.41 Å². The molecular weight excluding hydrogens is 212 g/mol. The second-order valence-corrected chi connectivity index (χ2v) is 4.63. The molecule has 1 rings (SSSR count). The second-order valence-electron chi connectivity index (χ2n) is 4.63. The van der Waals surface area contributed by atoms with Crippen LogP contribution in [-0.2, 0) is 6.54 Å². The number of nitrogens with zero attached hydrogens (tertiary/aromatic N) is 2. The third-order valence-electron chi connectivity index (χ3n) is 2.91. The van der Waals surface area contributed by atoms with Gasteiger partial charge in [-0.25, -0.2) is 0 Å². The van der Waals surface area contributed by atoms with Gasteiger partial charge in [-0.1, -0.05) is 26.3 Å². The highest BCUT2D eigenvalue weighted by atomic mass is 15.1. The number of nitrogen functional groups attached to an aromatic ring is 1. The molecule has 0 amide bonds. The van der Waals surface area contributed by atoms with E-state index in [2.05, 4.69) is 30.8 Å². The Morgan fingerprint density at radius 1 is 1.59 bits per heavy atom. The fraction of sp³-hybridized carbons (Fsp3) is 0.538. The van der Waals surface area contributed by atoms with Crippen LogP contribution in [0, 0.1) is 11.3 Å². The maximum absolute atomic E-state index is 7.50. The van der Waals surface area contributed by atoms with Crippen LogP contribution in [0.1, 0.15) is 31.5 Å². The van der Waals surface area contributed by atoms with E-state index in [0.29, 0.717) is 11.6 Å². The molecule has 0 spiro atoms. The number of aromatic nitrogens is 1. The molecule has 1 aromatic heterocycles. The van der Waals surface area contributed by atoms with Crippen molar-refractivity contribution in [2.24, 2.45) is 11.7 Å². The zero-order chi connectivity index (χ0) is 12.8. The van der Waals surface area contributed by atoms with Crippen LogP contribution < -0.4 is 5.73 Å². The highest BCUT2D eigenvalue weighted by molar-refractivity contribution is 5.94. The molecule has 17 heavy (non-hydrogen) atoms. The van der Waals surface area contributed by atoms with Crippen molar-refractivity contribution < 1.29 is 0 Å². The van der Waals surface area contributed by atoms with Gasteiger partial charge in [0.05, 0.1) is 0 Å². The van der Waals surface area contributed by atoms with Crippen molar-refractivity contribution in [3.8, 4) is 0 Å². The molecule has 1 unspecified atom stereocenters. The SMILES string of the molecule is CCC(C)CN(C)Cc1cccnc1C(=N)N. The number of pyridine rings is 1. The predicted octanol–water partition coefficient (Wildman–Crippen LogP) is 1.84. The van der Waals surface area contributed by atoms with E-state index >= 15 is 0 Å². The fourth-order valence-corrected chi connectivity index (χ4v) is 1.83. The number of amidine groups is 1. The molecule has 1 atom stereocenters. The van der Waals surface area contributed by atoms with Gasteiger partial charge in [0.15, 0.2) is 0 Å². The topological polar surface area (TPSA) is 66.0 Å². The molecule has 0 saturated heterocycles. The molecule has 3 N–H and O–H groups in total. The minimum absolute atomic E-state index is 0.0394. The van der Waals surface area contributed by atoms with Gasteiger partial charge in [0.2, 0.25) is 0 Å². The fourth-order valence-electron chi connectivity index (χ4n) is 1.83. The Morgan fingerprint density at radius 3 is 2.88 bits per heavy atom. The lowest BCUT2D eigenvalue weighted by atomic mass is 10.1. The first-order valence-corrected chi connectivity index (χ1v) is 6.01. The number of nitrogens with two attached hydrogens (primary N) is 1. The molecule has 0 aromatic carbocycles. The Balaban J connectivity index is 2.71. The largest absolute Gasteiger partial charge is 0.382 e. The van der Waals surface area contributed by atoms with Gasteiger partial charge in [0.25, 0.3) is 0 Å². The average molecular weight is 234 g/mol. The lowest BCUT2D eigenvalue weighted by molar-refractivity contribution is 0.275. The molecule has 0 aliphatic rings. The lowest BCUT2D eigenvalue weighted by Crippen LogP contribution is -2.26. The molecule has 4 heteroatoms. The third kappa shape index (κ3) is 4.15. The van der Waals surface area contributed by atoms with Gasteiger partial charge < -0.3 is 10.6 Å². The van der Waals surface area contributed by atoms with Crippen LogP contribution in [0.2, 0.25) is 0 Å². The number of hydrogen-bond donors (Lipinski definition) is 2. The van der Waals surface area contributed by atoms with Gasteiger partial charge in [0.1, 0.15) is 11.5 Å². The Morgan fingerprint density at radius 2 is 2.29 bits per heavy atom. The monoisotopic (exact) mass is 234 g/mol. The van der Waals surface area contributed by atoms with E-state index in [1.165, 1.54) is 6.42 Å². The zero-order valence-corrected chi connectivity index (χ0v) is 10.9. The normalized spacial score (nSPS) is 12.7. The first kappa shape index (κ1) is 13.6. The summed E-state index contributed by atoms with van der Waals surface area (Å²) in [7, 11) is 2.09. The molecule has 0 saturated carbocycles. The van der Waals surface area contributed by atoms with Crippen LogP contribution in [0.3, 0.4) is 0 Å². The summed E-state index contributed by atoms with van der Waals surface area (Å²) in [6, 6.07) is 3.87. The summed E-state index contributed by atoms with van der Waals surface area (Å²) < 4.78 is 0. The van der Waals surface area contributed by atoms with Crippen LogP contribution in [-0.4, -0.2) is 29.3 Å². The lowest BCUT2D eigenvalue weighted by Gasteiger charge is -2.21. The molecule has 94 valence electrons. The van der Waals surface area contributed by atoms with E-state index in [4.69, 9.17) is 11.1 Å². The first-order valence-electron chi connectivity index (χ1n) is 6.01. The van der Waals surface area contributed by atoms with Crippen LogP contribution in [0.5, 0.6) is 0 Å². The molecule has 1 aromatic rings. The summed E-state index contributed by atoms with van der Waals surface area (Å²) in [6.45, 7) is 6.27. The Kier molecular flexibility index (Phi) is 5.10. The van der Waals surface area contributed by atoms with Gasteiger partial charge >= 0.3 is 0 Å². The molecule has 0 aliphatic heterocycles. The molecule has 0 bridgehead atoms. The summed E-state index contributed by atoms with van der Waals surface area (Å²) in [5.41, 5.74) is 7.14. The number of hydrogen-bond acceptors (Lipinski definition) is 3. The van der Waals surface area contributed by atoms with Crippen molar-refractivity contribution in [2.45, 2.75) is 26.8 Å². The first-order chi connectivity index (χ1) is 8.04. The van der Waals surface area contributed by atoms with Gasteiger partial charge in [-0.05, 0) is 24.6 Å². The number of rotatable bonds is 6. The highest BCUT2D eigenvalue weighted by Gasteiger charge is 2.10. The van der Waals surface area contributed by atoms with E-state index in [1.807, 2.05) is 12.1 Å². The maximum Gasteiger partial charge on any atom is 0.142 e. The van der Waals surface area contributed by atoms with Gasteiger partial charge in [-0.2, -0.15) is 0 Å². The van der Waals surface area contributed by atoms with Crippen molar-refractivity contribution in [2.75, 3.05) is 13.6 Å². The summed E-state index contributed by atoms with van der Waals surface area (Å²) in [4.78, 5) is 6.40. The number of nitrogens with one attached hydrogen (secondary N) is 1. The third-order valence-corrected chi connectivity index (χ3v) is 2.91. The molecule has 4 nitrogen and oxygen atoms in total. The van der Waals surface area contributed by atoms with Crippen molar-refractivity contribution in [1.82, 2.24) is 9.88 Å². The average Bonchev–Trinajstić information content (AvgIpc) is 2.29. The van der Waals surface area contributed by atoms with Gasteiger partial charge in [-0.3, -0.25) is 10.4 Å². The van der Waals surface area contributed by atoms with Crippen LogP contribution in [0.4, 0.5) is 0 Å². The summed E-state index contributed by atoms with van der Waals surface area (Å²) in [6.07, 6.45) is 2.85. The predicted molar refractivity (Wildman–Crippen MR) is 71.0 cm³/mol. The molecule has 1 heterocycles. The summed E-state index contributed by atoms with van der Waals surface area (Å²) in [5, 5.41) is 7.50. The van der Waals surface area contributed by atoms with Crippen LogP contribution in [0.15, 0.2) is 18.3 Å². The van der Waals surface area contributed by atoms with E-state index in [9.17, 15) is 0 Å². The Bertz CT molecular complexity index is 375. The van der Waals surface area contributed by atoms with E-state index in [1.54, 1.807) is 6.20 Å². The second kappa shape index (κ2) is 6.35. The maximum atomic E-state index is 7.50. The smallest absolute Gasteiger partial charge is 0.142 e. The van der Waals surface area contributed by atoms with Crippen LogP contribution >= 0.6 is 0 Å². The summed E-state index contributed by atoms with van der Waals surface area (Å²) in [5.74, 6) is 0.718. The standard InChI is InChI=1S/C13H22N4/c1-4-10(2)8-17(3)9-11-6-5-7-16-12(11)13(14)15/h5-7,10H,4,8-9H2,1-3H3,(H3,14,15). The minimum Gasteiger partial charge on any atom is -0.382 e. The molecule has 0 radical (unpaired) electrons. The summed E-state index contributed by atoms with van der Waals surface area (Å²) >= 11 is 0. The molecular formula is C13H22N4. The molecule has 0 fully saturated rings. The van der Waals surface area contributed by atoms with Gasteiger partial charge in [-0.15, -0.1) is 0 Å². The Labute approximate surface area is 103 Å².